The predicted octanol–water partition coefficient (Wildman–Crippen LogP) is 2.47. The molecule has 0 aliphatic heterocycles. The van der Waals surface area contributed by atoms with Crippen LogP contribution >= 0.6 is 22.3 Å². The molecule has 0 atom stereocenters. The van der Waals surface area contributed by atoms with E-state index in [1.54, 1.807) is 0 Å². The van der Waals surface area contributed by atoms with Crippen LogP contribution in [0.3, 0.4) is 0 Å². The SMILES string of the molecule is N#Cc1cnc(Cl)c(S(=O)(=O)Cl)c1C(F)F. The van der Waals surface area contributed by atoms with Gasteiger partial charge >= 0.3 is 0 Å². The zero-order valence-electron chi connectivity index (χ0n) is 7.29. The summed E-state index contributed by atoms with van der Waals surface area (Å²) in [6.45, 7) is 0. The standard InChI is InChI=1S/C7H2Cl2F2N2O2S/c8-6-5(16(9,14)15)4(7(10)11)3(1-12)2-13-6/h2,7H. The number of hydrogen-bond donors (Lipinski definition) is 0. The highest BCUT2D eigenvalue weighted by atomic mass is 35.7. The maximum atomic E-state index is 12.6. The summed E-state index contributed by atoms with van der Waals surface area (Å²) >= 11 is 5.37. The summed E-state index contributed by atoms with van der Waals surface area (Å²) in [5.74, 6) is 0. The van der Waals surface area contributed by atoms with Crippen molar-refractivity contribution in [3.63, 3.8) is 0 Å². The summed E-state index contributed by atoms with van der Waals surface area (Å²) < 4.78 is 47.3. The molecule has 1 heterocycles. The fourth-order valence-electron chi connectivity index (χ4n) is 1.02. The van der Waals surface area contributed by atoms with E-state index in [1.165, 1.54) is 6.07 Å². The molecule has 0 fully saturated rings. The van der Waals surface area contributed by atoms with Crippen molar-refractivity contribution in [2.45, 2.75) is 11.3 Å². The molecule has 0 amide bonds. The number of aromatic nitrogens is 1. The van der Waals surface area contributed by atoms with Crippen molar-refractivity contribution in [3.8, 4) is 6.07 Å². The van der Waals surface area contributed by atoms with Crippen LogP contribution in [0.2, 0.25) is 5.15 Å². The molecule has 86 valence electrons. The zero-order chi connectivity index (χ0) is 12.5. The highest BCUT2D eigenvalue weighted by Gasteiger charge is 2.29. The third-order valence-electron chi connectivity index (χ3n) is 1.61. The summed E-state index contributed by atoms with van der Waals surface area (Å²) in [6.07, 6.45) is -2.44. The van der Waals surface area contributed by atoms with Gasteiger partial charge in [-0.3, -0.25) is 0 Å². The molecular weight excluding hydrogens is 285 g/mol. The Kier molecular flexibility index (Phi) is 3.68. The topological polar surface area (TPSA) is 70.8 Å². The lowest BCUT2D eigenvalue weighted by Crippen LogP contribution is -2.04. The molecule has 1 aromatic rings. The Hall–Kier alpha value is -0.970. The Morgan fingerprint density at radius 2 is 2.06 bits per heavy atom. The fraction of sp³-hybridized carbons (Fsp3) is 0.143. The monoisotopic (exact) mass is 286 g/mol. The van der Waals surface area contributed by atoms with Gasteiger partial charge in [-0.2, -0.15) is 5.26 Å². The molecule has 16 heavy (non-hydrogen) atoms. The highest BCUT2D eigenvalue weighted by molar-refractivity contribution is 8.13. The van der Waals surface area contributed by atoms with E-state index < -0.39 is 36.7 Å². The molecule has 0 saturated carbocycles. The van der Waals surface area contributed by atoms with Crippen molar-refractivity contribution < 1.29 is 17.2 Å². The van der Waals surface area contributed by atoms with Crippen molar-refractivity contribution in [2.75, 3.05) is 0 Å². The van der Waals surface area contributed by atoms with Crippen molar-refractivity contribution >= 4 is 31.3 Å². The predicted molar refractivity (Wildman–Crippen MR) is 52.0 cm³/mol. The zero-order valence-corrected chi connectivity index (χ0v) is 9.61. The molecule has 0 spiro atoms. The molecule has 0 saturated heterocycles. The lowest BCUT2D eigenvalue weighted by Gasteiger charge is -2.08. The second-order valence-electron chi connectivity index (χ2n) is 2.56. The lowest BCUT2D eigenvalue weighted by atomic mass is 10.1. The molecule has 9 heteroatoms. The highest BCUT2D eigenvalue weighted by Crippen LogP contribution is 2.35. The number of pyridine rings is 1. The first kappa shape index (κ1) is 13.1. The molecule has 1 aromatic heterocycles. The Balaban J connectivity index is 3.78. The molecule has 0 unspecified atom stereocenters. The second-order valence-corrected chi connectivity index (χ2v) is 5.42. The minimum Gasteiger partial charge on any atom is -0.242 e. The third-order valence-corrected chi connectivity index (χ3v) is 3.37. The van der Waals surface area contributed by atoms with E-state index in [4.69, 9.17) is 27.5 Å². The molecule has 1 rings (SSSR count). The van der Waals surface area contributed by atoms with E-state index in [2.05, 4.69) is 4.98 Å². The molecule has 4 nitrogen and oxygen atoms in total. The maximum absolute atomic E-state index is 12.6. The normalized spacial score (nSPS) is 11.5. The summed E-state index contributed by atoms with van der Waals surface area (Å²) in [6, 6.07) is 1.39. The van der Waals surface area contributed by atoms with Crippen molar-refractivity contribution in [1.82, 2.24) is 4.98 Å². The first-order valence-corrected chi connectivity index (χ1v) is 6.29. The average molecular weight is 287 g/mol. The first-order valence-electron chi connectivity index (χ1n) is 3.60. The van der Waals surface area contributed by atoms with Crippen LogP contribution < -0.4 is 0 Å². The van der Waals surface area contributed by atoms with Gasteiger partial charge in [0.25, 0.3) is 15.5 Å². The van der Waals surface area contributed by atoms with Crippen LogP contribution in [0.1, 0.15) is 17.6 Å². The van der Waals surface area contributed by atoms with Gasteiger partial charge in [0, 0.05) is 16.9 Å². The average Bonchev–Trinajstić information content (AvgIpc) is 2.15. The van der Waals surface area contributed by atoms with Gasteiger partial charge in [0.05, 0.1) is 11.1 Å². The Morgan fingerprint density at radius 1 is 1.50 bits per heavy atom. The third kappa shape index (κ3) is 2.40. The molecule has 0 aliphatic rings. The summed E-state index contributed by atoms with van der Waals surface area (Å²) in [5, 5.41) is 7.85. The number of halogens is 4. The minimum atomic E-state index is -4.50. The summed E-state index contributed by atoms with van der Waals surface area (Å²) in [7, 11) is 0.452. The van der Waals surface area contributed by atoms with Gasteiger partial charge in [-0.1, -0.05) is 11.6 Å². The van der Waals surface area contributed by atoms with E-state index in [1.807, 2.05) is 0 Å². The number of nitriles is 1. The lowest BCUT2D eigenvalue weighted by molar-refractivity contribution is 0.147. The van der Waals surface area contributed by atoms with Crippen LogP contribution in [0.5, 0.6) is 0 Å². The number of alkyl halides is 2. The molecule has 0 aliphatic carbocycles. The van der Waals surface area contributed by atoms with Crippen molar-refractivity contribution in [3.05, 3.63) is 22.5 Å². The van der Waals surface area contributed by atoms with Crippen molar-refractivity contribution in [2.24, 2.45) is 0 Å². The van der Waals surface area contributed by atoms with Crippen LogP contribution in [0.15, 0.2) is 11.1 Å². The Bertz CT molecular complexity index is 568. The van der Waals surface area contributed by atoms with Gasteiger partial charge in [0.1, 0.15) is 16.1 Å². The molecule has 0 aromatic carbocycles. The van der Waals surface area contributed by atoms with E-state index in [0.717, 1.165) is 6.20 Å². The maximum Gasteiger partial charge on any atom is 0.266 e. The van der Waals surface area contributed by atoms with Crippen LogP contribution in [0, 0.1) is 11.3 Å². The van der Waals surface area contributed by atoms with E-state index in [0.29, 0.717) is 0 Å². The number of nitrogens with zero attached hydrogens (tertiary/aromatic N) is 2. The van der Waals surface area contributed by atoms with Gasteiger partial charge in [-0.15, -0.1) is 0 Å². The van der Waals surface area contributed by atoms with Crippen LogP contribution in [-0.2, 0) is 9.05 Å². The largest absolute Gasteiger partial charge is 0.266 e. The number of hydrogen-bond acceptors (Lipinski definition) is 4. The molecule has 0 bridgehead atoms. The first-order chi connectivity index (χ1) is 7.29. The van der Waals surface area contributed by atoms with Gasteiger partial charge in [-0.25, -0.2) is 22.2 Å². The summed E-state index contributed by atoms with van der Waals surface area (Å²) in [5.41, 5.74) is -1.61. The molecular formula is C7H2Cl2F2N2O2S. The van der Waals surface area contributed by atoms with Crippen LogP contribution in [0.25, 0.3) is 0 Å². The van der Waals surface area contributed by atoms with Crippen molar-refractivity contribution in [1.29, 1.82) is 5.26 Å². The quantitative estimate of drug-likeness (QED) is 0.618. The Morgan fingerprint density at radius 3 is 2.44 bits per heavy atom. The van der Waals surface area contributed by atoms with Gasteiger partial charge in [0.2, 0.25) is 0 Å². The molecule has 0 radical (unpaired) electrons. The second kappa shape index (κ2) is 4.49. The van der Waals surface area contributed by atoms with Gasteiger partial charge < -0.3 is 0 Å². The minimum absolute atomic E-state index is 0.585. The van der Waals surface area contributed by atoms with Gasteiger partial charge in [0.15, 0.2) is 0 Å². The fourth-order valence-corrected chi connectivity index (χ4v) is 2.78. The molecule has 0 N–H and O–H groups in total. The Labute approximate surface area is 98.8 Å². The van der Waals surface area contributed by atoms with E-state index >= 15 is 0 Å². The van der Waals surface area contributed by atoms with Crippen LogP contribution in [-0.4, -0.2) is 13.4 Å². The van der Waals surface area contributed by atoms with Gasteiger partial charge in [-0.05, 0) is 0 Å². The number of rotatable bonds is 2. The van der Waals surface area contributed by atoms with E-state index in [9.17, 15) is 17.2 Å². The summed E-state index contributed by atoms with van der Waals surface area (Å²) in [4.78, 5) is 2.28. The van der Waals surface area contributed by atoms with Crippen LogP contribution in [0.4, 0.5) is 8.78 Å². The van der Waals surface area contributed by atoms with E-state index in [-0.39, 0.29) is 0 Å². The smallest absolute Gasteiger partial charge is 0.242 e.